The minimum absolute atomic E-state index is 0.483. The number of hydrogen-bond acceptors (Lipinski definition) is 6. The van der Waals surface area contributed by atoms with Gasteiger partial charge < -0.3 is 16.4 Å². The number of nitrogens with two attached hydrogens (primary N) is 1. The monoisotopic (exact) mass is 278 g/mol. The number of aromatic nitrogens is 3. The van der Waals surface area contributed by atoms with Crippen molar-refractivity contribution in [3.8, 4) is 0 Å². The smallest absolute Gasteiger partial charge is 0.224 e. The molecule has 100 valence electrons. The van der Waals surface area contributed by atoms with Gasteiger partial charge in [0.25, 0.3) is 0 Å². The highest BCUT2D eigenvalue weighted by molar-refractivity contribution is 6.32. The number of nitrogens with one attached hydrogen (secondary N) is 2. The summed E-state index contributed by atoms with van der Waals surface area (Å²) >= 11 is 5.91. The molecule has 0 aliphatic rings. The molecular weight excluding hydrogens is 264 g/mol. The van der Waals surface area contributed by atoms with Gasteiger partial charge in [0.05, 0.1) is 6.20 Å². The SMILES string of the molecule is CNc1nc(NCc2cc(C)nc(N)c2)ncc1Cl. The number of anilines is 3. The fourth-order valence-electron chi connectivity index (χ4n) is 1.68. The van der Waals surface area contributed by atoms with E-state index in [0.29, 0.717) is 29.2 Å². The molecule has 0 spiro atoms. The fourth-order valence-corrected chi connectivity index (χ4v) is 1.86. The average Bonchev–Trinajstić information content (AvgIpc) is 2.36. The Morgan fingerprint density at radius 2 is 2.11 bits per heavy atom. The van der Waals surface area contributed by atoms with Crippen molar-refractivity contribution >= 4 is 29.2 Å². The van der Waals surface area contributed by atoms with Gasteiger partial charge in [-0.15, -0.1) is 0 Å². The third-order valence-electron chi connectivity index (χ3n) is 2.46. The molecule has 4 N–H and O–H groups in total. The van der Waals surface area contributed by atoms with Crippen LogP contribution in [0, 0.1) is 6.92 Å². The molecule has 0 aliphatic carbocycles. The molecule has 2 aromatic rings. The summed E-state index contributed by atoms with van der Waals surface area (Å²) in [5, 5.41) is 6.50. The van der Waals surface area contributed by atoms with Crippen molar-refractivity contribution in [2.75, 3.05) is 23.4 Å². The molecule has 6 nitrogen and oxygen atoms in total. The van der Waals surface area contributed by atoms with E-state index in [9.17, 15) is 0 Å². The van der Waals surface area contributed by atoms with Gasteiger partial charge in [0.2, 0.25) is 5.95 Å². The average molecular weight is 279 g/mol. The van der Waals surface area contributed by atoms with Crippen LogP contribution in [0.15, 0.2) is 18.3 Å². The number of aryl methyl sites for hydroxylation is 1. The molecular formula is C12H15ClN6. The summed E-state index contributed by atoms with van der Waals surface area (Å²) in [7, 11) is 1.75. The van der Waals surface area contributed by atoms with Gasteiger partial charge >= 0.3 is 0 Å². The highest BCUT2D eigenvalue weighted by atomic mass is 35.5. The van der Waals surface area contributed by atoms with Gasteiger partial charge in [0.1, 0.15) is 16.7 Å². The van der Waals surface area contributed by atoms with Crippen LogP contribution in [0.4, 0.5) is 17.6 Å². The van der Waals surface area contributed by atoms with E-state index in [1.165, 1.54) is 0 Å². The Kier molecular flexibility index (Phi) is 4.01. The predicted molar refractivity (Wildman–Crippen MR) is 77.3 cm³/mol. The molecule has 19 heavy (non-hydrogen) atoms. The third-order valence-corrected chi connectivity index (χ3v) is 2.74. The normalized spacial score (nSPS) is 10.3. The van der Waals surface area contributed by atoms with Gasteiger partial charge in [-0.3, -0.25) is 0 Å². The zero-order chi connectivity index (χ0) is 13.8. The largest absolute Gasteiger partial charge is 0.384 e. The molecule has 2 rings (SSSR count). The van der Waals surface area contributed by atoms with Crippen molar-refractivity contribution in [1.29, 1.82) is 0 Å². The second kappa shape index (κ2) is 5.71. The number of hydrogen-bond donors (Lipinski definition) is 3. The fraction of sp³-hybridized carbons (Fsp3) is 0.250. The molecule has 0 unspecified atom stereocenters. The lowest BCUT2D eigenvalue weighted by atomic mass is 10.2. The molecule has 0 aliphatic heterocycles. The number of halogens is 1. The van der Waals surface area contributed by atoms with E-state index in [1.54, 1.807) is 13.2 Å². The first-order valence-corrected chi connectivity index (χ1v) is 6.13. The number of nitrogens with zero attached hydrogens (tertiary/aromatic N) is 3. The van der Waals surface area contributed by atoms with Gasteiger partial charge in [-0.25, -0.2) is 9.97 Å². The lowest BCUT2D eigenvalue weighted by molar-refractivity contribution is 1.04. The molecule has 2 aromatic heterocycles. The Morgan fingerprint density at radius 1 is 1.32 bits per heavy atom. The second-order valence-electron chi connectivity index (χ2n) is 4.04. The van der Waals surface area contributed by atoms with Gasteiger partial charge in [0.15, 0.2) is 0 Å². The topological polar surface area (TPSA) is 88.8 Å². The van der Waals surface area contributed by atoms with Crippen LogP contribution in [-0.2, 0) is 6.54 Å². The van der Waals surface area contributed by atoms with E-state index in [-0.39, 0.29) is 0 Å². The van der Waals surface area contributed by atoms with E-state index < -0.39 is 0 Å². The minimum Gasteiger partial charge on any atom is -0.384 e. The lowest BCUT2D eigenvalue weighted by Gasteiger charge is -2.08. The van der Waals surface area contributed by atoms with Crippen molar-refractivity contribution in [1.82, 2.24) is 15.0 Å². The van der Waals surface area contributed by atoms with Gasteiger partial charge in [-0.05, 0) is 24.6 Å². The van der Waals surface area contributed by atoms with E-state index in [4.69, 9.17) is 17.3 Å². The molecule has 0 saturated heterocycles. The Bertz CT molecular complexity index is 566. The first-order valence-electron chi connectivity index (χ1n) is 5.75. The maximum atomic E-state index is 5.91. The molecule has 0 saturated carbocycles. The van der Waals surface area contributed by atoms with Crippen LogP contribution in [0.5, 0.6) is 0 Å². The van der Waals surface area contributed by atoms with Crippen molar-refractivity contribution in [2.24, 2.45) is 0 Å². The quantitative estimate of drug-likeness (QED) is 0.793. The minimum atomic E-state index is 0.483. The Balaban J connectivity index is 2.10. The van der Waals surface area contributed by atoms with Crippen LogP contribution in [0.1, 0.15) is 11.3 Å². The van der Waals surface area contributed by atoms with Crippen LogP contribution < -0.4 is 16.4 Å². The van der Waals surface area contributed by atoms with Gasteiger partial charge in [-0.1, -0.05) is 11.6 Å². The maximum Gasteiger partial charge on any atom is 0.224 e. The third kappa shape index (κ3) is 3.45. The van der Waals surface area contributed by atoms with Crippen LogP contribution >= 0.6 is 11.6 Å². The van der Waals surface area contributed by atoms with Crippen LogP contribution in [0.25, 0.3) is 0 Å². The summed E-state index contributed by atoms with van der Waals surface area (Å²) in [6.07, 6.45) is 1.55. The van der Waals surface area contributed by atoms with E-state index in [1.807, 2.05) is 19.1 Å². The second-order valence-corrected chi connectivity index (χ2v) is 4.44. The summed E-state index contributed by atoms with van der Waals surface area (Å²) in [6.45, 7) is 2.47. The van der Waals surface area contributed by atoms with E-state index in [2.05, 4.69) is 25.6 Å². The molecule has 0 bridgehead atoms. The number of pyridine rings is 1. The molecule has 0 aromatic carbocycles. The number of rotatable bonds is 4. The number of nitrogen functional groups attached to an aromatic ring is 1. The summed E-state index contributed by atoms with van der Waals surface area (Å²) in [4.78, 5) is 12.5. The first kappa shape index (κ1) is 13.4. The molecule has 2 heterocycles. The zero-order valence-electron chi connectivity index (χ0n) is 10.7. The zero-order valence-corrected chi connectivity index (χ0v) is 11.5. The molecule has 0 amide bonds. The van der Waals surface area contributed by atoms with Crippen LogP contribution in [0.3, 0.4) is 0 Å². The first-order chi connectivity index (χ1) is 9.08. The highest BCUT2D eigenvalue weighted by Crippen LogP contribution is 2.18. The van der Waals surface area contributed by atoms with Crippen LogP contribution in [-0.4, -0.2) is 22.0 Å². The predicted octanol–water partition coefficient (Wildman–Crippen LogP) is 2.07. The Morgan fingerprint density at radius 3 is 2.79 bits per heavy atom. The van der Waals surface area contributed by atoms with Crippen LogP contribution in [0.2, 0.25) is 5.02 Å². The molecule has 7 heteroatoms. The Hall–Kier alpha value is -2.08. The standard InChI is InChI=1S/C12H15ClN6/c1-7-3-8(4-10(14)18-7)5-16-12-17-6-9(13)11(15-2)19-12/h3-4,6H,5H2,1-2H3,(H2,14,18)(H2,15,16,17,19). The van der Waals surface area contributed by atoms with Crippen molar-refractivity contribution in [2.45, 2.75) is 13.5 Å². The summed E-state index contributed by atoms with van der Waals surface area (Å²) in [5.41, 5.74) is 7.60. The highest BCUT2D eigenvalue weighted by Gasteiger charge is 2.04. The molecule has 0 radical (unpaired) electrons. The van der Waals surface area contributed by atoms with Crippen molar-refractivity contribution in [3.05, 3.63) is 34.6 Å². The lowest BCUT2D eigenvalue weighted by Crippen LogP contribution is -2.06. The van der Waals surface area contributed by atoms with E-state index >= 15 is 0 Å². The summed E-state index contributed by atoms with van der Waals surface area (Å²) in [5.74, 6) is 1.59. The maximum absolute atomic E-state index is 5.91. The molecule has 0 atom stereocenters. The molecule has 0 fully saturated rings. The summed E-state index contributed by atoms with van der Waals surface area (Å²) < 4.78 is 0. The summed E-state index contributed by atoms with van der Waals surface area (Å²) in [6, 6.07) is 3.77. The van der Waals surface area contributed by atoms with Gasteiger partial charge in [0, 0.05) is 19.3 Å². The van der Waals surface area contributed by atoms with Gasteiger partial charge in [-0.2, -0.15) is 4.98 Å². The Labute approximate surface area is 116 Å². The van der Waals surface area contributed by atoms with Crippen molar-refractivity contribution < 1.29 is 0 Å². The van der Waals surface area contributed by atoms with E-state index in [0.717, 1.165) is 11.3 Å². The van der Waals surface area contributed by atoms with Crippen molar-refractivity contribution in [3.63, 3.8) is 0 Å².